The Kier molecular flexibility index (Phi) is 4.69. The van der Waals surface area contributed by atoms with E-state index >= 15 is 0 Å². The van der Waals surface area contributed by atoms with Crippen molar-refractivity contribution in [2.24, 2.45) is 0 Å². The molecule has 1 aliphatic heterocycles. The van der Waals surface area contributed by atoms with Gasteiger partial charge in [-0.1, -0.05) is 23.4 Å². The van der Waals surface area contributed by atoms with Crippen LogP contribution in [0.2, 0.25) is 0 Å². The van der Waals surface area contributed by atoms with Crippen LogP contribution in [0.3, 0.4) is 0 Å². The number of rotatable bonds is 4. The molecular weight excluding hydrogens is 320 g/mol. The molecule has 1 aromatic carbocycles. The summed E-state index contributed by atoms with van der Waals surface area (Å²) in [5, 5.41) is 13.3. The standard InChI is InChI=1S/C17H22N6O2/c1-11(2)23-10-15(20-21-23)19-17(25)18-9-12-8-16(24)22(3)14-7-5-4-6-13(12)14/h4-7,10-12H,8-9H2,1-3H3,(H2,18,19,25). The predicted molar refractivity (Wildman–Crippen MR) is 94.6 cm³/mol. The molecule has 2 N–H and O–H groups in total. The zero-order chi connectivity index (χ0) is 18.0. The third-order valence-corrected chi connectivity index (χ3v) is 4.32. The number of anilines is 2. The first-order valence-electron chi connectivity index (χ1n) is 8.28. The van der Waals surface area contributed by atoms with Gasteiger partial charge in [-0.05, 0) is 25.5 Å². The second-order valence-electron chi connectivity index (χ2n) is 6.43. The third-order valence-electron chi connectivity index (χ3n) is 4.32. The fourth-order valence-electron chi connectivity index (χ4n) is 2.88. The molecule has 0 bridgehead atoms. The van der Waals surface area contributed by atoms with Crippen LogP contribution in [0.15, 0.2) is 30.5 Å². The molecule has 0 radical (unpaired) electrons. The van der Waals surface area contributed by atoms with Gasteiger partial charge in [-0.15, -0.1) is 5.10 Å². The number of amides is 3. The highest BCUT2D eigenvalue weighted by Gasteiger charge is 2.29. The Bertz CT molecular complexity index is 785. The summed E-state index contributed by atoms with van der Waals surface area (Å²) in [4.78, 5) is 25.9. The number of hydrogen-bond donors (Lipinski definition) is 2. The minimum absolute atomic E-state index is 0.0444. The Balaban J connectivity index is 1.62. The molecule has 8 heteroatoms. The second kappa shape index (κ2) is 6.92. The van der Waals surface area contributed by atoms with E-state index in [0.717, 1.165) is 11.3 Å². The van der Waals surface area contributed by atoms with Gasteiger partial charge in [-0.2, -0.15) is 0 Å². The number of carbonyl (C=O) groups is 2. The molecule has 1 aromatic heterocycles. The van der Waals surface area contributed by atoms with Crippen molar-refractivity contribution in [3.8, 4) is 0 Å². The zero-order valence-electron chi connectivity index (χ0n) is 14.6. The summed E-state index contributed by atoms with van der Waals surface area (Å²) >= 11 is 0. The molecule has 1 aliphatic rings. The van der Waals surface area contributed by atoms with Gasteiger partial charge in [-0.25, -0.2) is 9.48 Å². The molecule has 0 saturated heterocycles. The summed E-state index contributed by atoms with van der Waals surface area (Å²) in [5.41, 5.74) is 1.96. The number of nitrogens with one attached hydrogen (secondary N) is 2. The number of aromatic nitrogens is 3. The van der Waals surface area contributed by atoms with Crippen molar-refractivity contribution in [2.45, 2.75) is 32.2 Å². The van der Waals surface area contributed by atoms with E-state index in [2.05, 4.69) is 20.9 Å². The molecule has 0 saturated carbocycles. The average Bonchev–Trinajstić information content (AvgIpc) is 3.05. The first-order chi connectivity index (χ1) is 12.0. The molecule has 1 unspecified atom stereocenters. The quantitative estimate of drug-likeness (QED) is 0.890. The molecule has 2 heterocycles. The summed E-state index contributed by atoms with van der Waals surface area (Å²) in [6, 6.07) is 7.58. The van der Waals surface area contributed by atoms with E-state index in [1.807, 2.05) is 38.1 Å². The molecule has 8 nitrogen and oxygen atoms in total. The maximum atomic E-state index is 12.1. The molecular formula is C17H22N6O2. The minimum Gasteiger partial charge on any atom is -0.337 e. The normalized spacial score (nSPS) is 16.7. The summed E-state index contributed by atoms with van der Waals surface area (Å²) < 4.78 is 1.67. The van der Waals surface area contributed by atoms with Crippen molar-refractivity contribution in [3.05, 3.63) is 36.0 Å². The van der Waals surface area contributed by atoms with Gasteiger partial charge < -0.3 is 10.2 Å². The maximum Gasteiger partial charge on any atom is 0.320 e. The van der Waals surface area contributed by atoms with E-state index in [0.29, 0.717) is 18.8 Å². The lowest BCUT2D eigenvalue weighted by molar-refractivity contribution is -0.119. The molecule has 0 fully saturated rings. The van der Waals surface area contributed by atoms with Gasteiger partial charge in [0, 0.05) is 37.7 Å². The highest BCUT2D eigenvalue weighted by Crippen LogP contribution is 2.34. The Morgan fingerprint density at radius 2 is 2.12 bits per heavy atom. The topological polar surface area (TPSA) is 92.2 Å². The van der Waals surface area contributed by atoms with Gasteiger partial charge in [-0.3, -0.25) is 10.1 Å². The van der Waals surface area contributed by atoms with Crippen LogP contribution in [-0.2, 0) is 4.79 Å². The lowest BCUT2D eigenvalue weighted by atomic mass is 9.89. The van der Waals surface area contributed by atoms with Crippen LogP contribution in [-0.4, -0.2) is 40.5 Å². The number of fused-ring (bicyclic) bond motifs is 1. The third kappa shape index (κ3) is 3.62. The van der Waals surface area contributed by atoms with E-state index in [1.54, 1.807) is 22.8 Å². The lowest BCUT2D eigenvalue weighted by Gasteiger charge is -2.31. The predicted octanol–water partition coefficient (Wildman–Crippen LogP) is 2.13. The van der Waals surface area contributed by atoms with Gasteiger partial charge >= 0.3 is 6.03 Å². The molecule has 25 heavy (non-hydrogen) atoms. The van der Waals surface area contributed by atoms with E-state index in [4.69, 9.17) is 0 Å². The van der Waals surface area contributed by atoms with Crippen molar-refractivity contribution in [3.63, 3.8) is 0 Å². The van der Waals surface area contributed by atoms with Crippen molar-refractivity contribution >= 4 is 23.4 Å². The van der Waals surface area contributed by atoms with Crippen LogP contribution in [0.25, 0.3) is 0 Å². The number of carbonyl (C=O) groups excluding carboxylic acids is 2. The maximum absolute atomic E-state index is 12.1. The van der Waals surface area contributed by atoms with Crippen molar-refractivity contribution in [1.82, 2.24) is 20.3 Å². The number of benzene rings is 1. The smallest absolute Gasteiger partial charge is 0.320 e. The fourth-order valence-corrected chi connectivity index (χ4v) is 2.88. The first kappa shape index (κ1) is 16.9. The number of hydrogen-bond acceptors (Lipinski definition) is 4. The van der Waals surface area contributed by atoms with Crippen LogP contribution in [0.4, 0.5) is 16.3 Å². The number of para-hydroxylation sites is 1. The SMILES string of the molecule is CC(C)n1cc(NC(=O)NCC2CC(=O)N(C)c3ccccc32)nn1. The Labute approximate surface area is 146 Å². The number of nitrogens with zero attached hydrogens (tertiary/aromatic N) is 4. The van der Waals surface area contributed by atoms with Crippen molar-refractivity contribution < 1.29 is 9.59 Å². The van der Waals surface area contributed by atoms with Crippen LogP contribution in [0.1, 0.15) is 37.8 Å². The molecule has 3 amide bonds. The molecule has 1 atom stereocenters. The molecule has 132 valence electrons. The zero-order valence-corrected chi connectivity index (χ0v) is 14.6. The fraction of sp³-hybridized carbons (Fsp3) is 0.412. The Morgan fingerprint density at radius 3 is 2.84 bits per heavy atom. The van der Waals surface area contributed by atoms with Crippen LogP contribution >= 0.6 is 0 Å². The number of urea groups is 1. The summed E-state index contributed by atoms with van der Waals surface area (Å²) in [6.07, 6.45) is 2.05. The van der Waals surface area contributed by atoms with E-state index in [9.17, 15) is 9.59 Å². The monoisotopic (exact) mass is 342 g/mol. The van der Waals surface area contributed by atoms with Gasteiger partial charge in [0.05, 0.1) is 6.20 Å². The summed E-state index contributed by atoms with van der Waals surface area (Å²) in [5.74, 6) is 0.397. The Morgan fingerprint density at radius 1 is 1.36 bits per heavy atom. The molecule has 3 rings (SSSR count). The van der Waals surface area contributed by atoms with Gasteiger partial charge in [0.25, 0.3) is 0 Å². The van der Waals surface area contributed by atoms with E-state index in [-0.39, 0.29) is 23.9 Å². The second-order valence-corrected chi connectivity index (χ2v) is 6.43. The van der Waals surface area contributed by atoms with Crippen molar-refractivity contribution in [1.29, 1.82) is 0 Å². The van der Waals surface area contributed by atoms with Gasteiger partial charge in [0.15, 0.2) is 5.82 Å². The lowest BCUT2D eigenvalue weighted by Crippen LogP contribution is -2.38. The van der Waals surface area contributed by atoms with Crippen molar-refractivity contribution in [2.75, 3.05) is 23.8 Å². The molecule has 0 aliphatic carbocycles. The van der Waals surface area contributed by atoms with Crippen LogP contribution in [0, 0.1) is 0 Å². The first-order valence-corrected chi connectivity index (χ1v) is 8.28. The highest BCUT2D eigenvalue weighted by atomic mass is 16.2. The van der Waals surface area contributed by atoms with E-state index < -0.39 is 0 Å². The Hall–Kier alpha value is -2.90. The summed E-state index contributed by atoms with van der Waals surface area (Å²) in [7, 11) is 1.77. The summed E-state index contributed by atoms with van der Waals surface area (Å²) in [6.45, 7) is 4.33. The minimum atomic E-state index is -0.361. The molecule has 2 aromatic rings. The highest BCUT2D eigenvalue weighted by molar-refractivity contribution is 5.96. The largest absolute Gasteiger partial charge is 0.337 e. The van der Waals surface area contributed by atoms with Gasteiger partial charge in [0.2, 0.25) is 5.91 Å². The van der Waals surface area contributed by atoms with Crippen LogP contribution in [0.5, 0.6) is 0 Å². The average molecular weight is 342 g/mol. The van der Waals surface area contributed by atoms with Gasteiger partial charge in [0.1, 0.15) is 0 Å². The van der Waals surface area contributed by atoms with E-state index in [1.165, 1.54) is 0 Å². The molecule has 0 spiro atoms. The van der Waals surface area contributed by atoms with Crippen LogP contribution < -0.4 is 15.5 Å².